The van der Waals surface area contributed by atoms with E-state index in [1.165, 1.54) is 0 Å². The van der Waals surface area contributed by atoms with E-state index in [2.05, 4.69) is 6.58 Å². The highest BCUT2D eigenvalue weighted by Crippen LogP contribution is 2.33. The summed E-state index contributed by atoms with van der Waals surface area (Å²) in [6, 6.07) is 9.96. The van der Waals surface area contributed by atoms with Crippen molar-refractivity contribution in [2.75, 3.05) is 19.7 Å². The number of ether oxygens (including phenoxy) is 2. The van der Waals surface area contributed by atoms with Gasteiger partial charge in [-0.15, -0.1) is 6.58 Å². The van der Waals surface area contributed by atoms with Gasteiger partial charge in [-0.2, -0.15) is 0 Å². The Morgan fingerprint density at radius 2 is 2.00 bits per heavy atom. The average Bonchev–Trinajstić information content (AvgIpc) is 3.17. The van der Waals surface area contributed by atoms with Crippen molar-refractivity contribution in [1.82, 2.24) is 4.90 Å². The van der Waals surface area contributed by atoms with E-state index in [1.807, 2.05) is 48.2 Å². The van der Waals surface area contributed by atoms with E-state index < -0.39 is 0 Å². The predicted octanol–water partition coefficient (Wildman–Crippen LogP) is 3.55. The summed E-state index contributed by atoms with van der Waals surface area (Å²) in [5.41, 5.74) is 1.02. The van der Waals surface area contributed by atoms with Crippen molar-refractivity contribution in [3.8, 4) is 0 Å². The molecule has 0 saturated carbocycles. The molecule has 4 atom stereocenters. The Hall–Kier alpha value is -1.65. The van der Waals surface area contributed by atoms with Crippen LogP contribution in [0.3, 0.4) is 0 Å². The number of nitrogens with zero attached hydrogens (tertiary/aromatic N) is 1. The van der Waals surface area contributed by atoms with Crippen molar-refractivity contribution >= 4 is 5.91 Å². The fraction of sp³-hybridized carbons (Fsp3) is 0.550. The standard InChI is InChI=1S/C20H27NO3/c1-3-17(15(2)19(22)21-12-7-8-13-21)18-11-14-23-20(24-18)16-9-5-4-6-10-16/h3-6,9-10,15,17-18,20H,1,7-8,11-14H2,2H3/t15-,17+,18-,20-/m0/s1. The topological polar surface area (TPSA) is 38.8 Å². The van der Waals surface area contributed by atoms with E-state index in [-0.39, 0.29) is 30.1 Å². The quantitative estimate of drug-likeness (QED) is 0.776. The van der Waals surface area contributed by atoms with Crippen molar-refractivity contribution in [1.29, 1.82) is 0 Å². The molecule has 1 aromatic rings. The van der Waals surface area contributed by atoms with Crippen LogP contribution in [-0.2, 0) is 14.3 Å². The summed E-state index contributed by atoms with van der Waals surface area (Å²) >= 11 is 0. The molecule has 2 fully saturated rings. The first kappa shape index (κ1) is 17.2. The van der Waals surface area contributed by atoms with E-state index >= 15 is 0 Å². The van der Waals surface area contributed by atoms with Gasteiger partial charge in [-0.25, -0.2) is 0 Å². The molecule has 1 amide bonds. The van der Waals surface area contributed by atoms with Gasteiger partial charge in [0, 0.05) is 30.5 Å². The fourth-order valence-corrected chi connectivity index (χ4v) is 3.69. The Balaban J connectivity index is 1.68. The molecule has 0 N–H and O–H groups in total. The van der Waals surface area contributed by atoms with Gasteiger partial charge in [-0.3, -0.25) is 4.79 Å². The number of amides is 1. The maximum absolute atomic E-state index is 12.7. The molecule has 4 heteroatoms. The third-order valence-corrected chi connectivity index (χ3v) is 5.13. The highest BCUT2D eigenvalue weighted by Gasteiger charge is 2.36. The van der Waals surface area contributed by atoms with Gasteiger partial charge >= 0.3 is 0 Å². The summed E-state index contributed by atoms with van der Waals surface area (Å²) in [6.45, 7) is 8.38. The Morgan fingerprint density at radius 3 is 2.67 bits per heavy atom. The maximum atomic E-state index is 12.7. The lowest BCUT2D eigenvalue weighted by Crippen LogP contribution is -2.42. The van der Waals surface area contributed by atoms with Gasteiger partial charge < -0.3 is 14.4 Å². The Labute approximate surface area is 144 Å². The van der Waals surface area contributed by atoms with Crippen LogP contribution in [0.15, 0.2) is 43.0 Å². The largest absolute Gasteiger partial charge is 0.348 e. The smallest absolute Gasteiger partial charge is 0.226 e. The van der Waals surface area contributed by atoms with Crippen LogP contribution >= 0.6 is 0 Å². The highest BCUT2D eigenvalue weighted by molar-refractivity contribution is 5.79. The molecule has 0 aliphatic carbocycles. The summed E-state index contributed by atoms with van der Waals surface area (Å²) < 4.78 is 12.0. The first-order valence-corrected chi connectivity index (χ1v) is 8.94. The van der Waals surface area contributed by atoms with E-state index in [1.54, 1.807) is 0 Å². The number of likely N-dealkylation sites (tertiary alicyclic amines) is 1. The van der Waals surface area contributed by atoms with Crippen molar-refractivity contribution < 1.29 is 14.3 Å². The zero-order valence-corrected chi connectivity index (χ0v) is 14.4. The molecule has 130 valence electrons. The molecule has 0 bridgehead atoms. The van der Waals surface area contributed by atoms with Crippen molar-refractivity contribution in [3.05, 3.63) is 48.6 Å². The van der Waals surface area contributed by atoms with Gasteiger partial charge in [-0.05, 0) is 19.3 Å². The van der Waals surface area contributed by atoms with Crippen LogP contribution in [0.5, 0.6) is 0 Å². The molecule has 24 heavy (non-hydrogen) atoms. The fourth-order valence-electron chi connectivity index (χ4n) is 3.69. The molecule has 1 aromatic carbocycles. The molecular formula is C20H27NO3. The minimum Gasteiger partial charge on any atom is -0.348 e. The molecule has 0 aromatic heterocycles. The zero-order chi connectivity index (χ0) is 16.9. The van der Waals surface area contributed by atoms with Crippen LogP contribution in [0.25, 0.3) is 0 Å². The molecule has 2 saturated heterocycles. The molecule has 0 spiro atoms. The SMILES string of the molecule is C=C[C@@H]([C@@H]1CCO[C@H](c2ccccc2)O1)[C@H](C)C(=O)N1CCCC1. The number of hydrogen-bond acceptors (Lipinski definition) is 3. The van der Waals surface area contributed by atoms with Gasteiger partial charge in [0.1, 0.15) is 0 Å². The number of carbonyl (C=O) groups excluding carboxylic acids is 1. The van der Waals surface area contributed by atoms with E-state index in [9.17, 15) is 4.79 Å². The van der Waals surface area contributed by atoms with Crippen molar-refractivity contribution in [3.63, 3.8) is 0 Å². The summed E-state index contributed by atoms with van der Waals surface area (Å²) in [7, 11) is 0. The number of benzene rings is 1. The minimum atomic E-state index is -0.360. The van der Waals surface area contributed by atoms with Crippen LogP contribution in [0.2, 0.25) is 0 Å². The monoisotopic (exact) mass is 329 g/mol. The summed E-state index contributed by atoms with van der Waals surface area (Å²) in [6.07, 6.45) is 4.50. The van der Waals surface area contributed by atoms with E-state index in [0.717, 1.165) is 37.9 Å². The summed E-state index contributed by atoms with van der Waals surface area (Å²) in [5.74, 6) is 0.122. The lowest BCUT2D eigenvalue weighted by molar-refractivity contribution is -0.228. The third kappa shape index (κ3) is 3.70. The molecule has 2 aliphatic heterocycles. The van der Waals surface area contributed by atoms with Crippen LogP contribution in [0.4, 0.5) is 0 Å². The molecule has 2 aliphatic rings. The van der Waals surface area contributed by atoms with Crippen molar-refractivity contribution in [2.24, 2.45) is 11.8 Å². The summed E-state index contributed by atoms with van der Waals surface area (Å²) in [5, 5.41) is 0. The zero-order valence-electron chi connectivity index (χ0n) is 14.4. The molecule has 0 radical (unpaired) electrons. The molecule has 4 nitrogen and oxygen atoms in total. The van der Waals surface area contributed by atoms with Crippen molar-refractivity contribution in [2.45, 2.75) is 38.6 Å². The minimum absolute atomic E-state index is 0.00760. The second kappa shape index (κ2) is 7.95. The Kier molecular flexibility index (Phi) is 5.69. The van der Waals surface area contributed by atoms with Crippen LogP contribution < -0.4 is 0 Å². The van der Waals surface area contributed by atoms with Crippen LogP contribution in [0.1, 0.15) is 38.0 Å². The van der Waals surface area contributed by atoms with Crippen LogP contribution in [-0.4, -0.2) is 36.6 Å². The van der Waals surface area contributed by atoms with Gasteiger partial charge in [0.25, 0.3) is 0 Å². The van der Waals surface area contributed by atoms with Crippen LogP contribution in [0, 0.1) is 11.8 Å². The predicted molar refractivity (Wildman–Crippen MR) is 93.3 cm³/mol. The first-order valence-electron chi connectivity index (χ1n) is 8.94. The number of carbonyl (C=O) groups is 1. The number of hydrogen-bond donors (Lipinski definition) is 0. The second-order valence-corrected chi connectivity index (χ2v) is 6.71. The van der Waals surface area contributed by atoms with Gasteiger partial charge in [0.2, 0.25) is 5.91 Å². The average molecular weight is 329 g/mol. The lowest BCUT2D eigenvalue weighted by atomic mass is 9.86. The molecule has 3 rings (SSSR count). The number of rotatable bonds is 5. The Morgan fingerprint density at radius 1 is 1.29 bits per heavy atom. The van der Waals surface area contributed by atoms with Gasteiger partial charge in [0.15, 0.2) is 6.29 Å². The molecular weight excluding hydrogens is 302 g/mol. The maximum Gasteiger partial charge on any atom is 0.226 e. The summed E-state index contributed by atoms with van der Waals surface area (Å²) in [4.78, 5) is 14.7. The third-order valence-electron chi connectivity index (χ3n) is 5.13. The van der Waals surface area contributed by atoms with Gasteiger partial charge in [0.05, 0.1) is 12.7 Å². The normalized spacial score (nSPS) is 26.8. The molecule has 2 heterocycles. The first-order chi connectivity index (χ1) is 11.7. The van der Waals surface area contributed by atoms with E-state index in [4.69, 9.17) is 9.47 Å². The highest BCUT2D eigenvalue weighted by atomic mass is 16.7. The van der Waals surface area contributed by atoms with Gasteiger partial charge in [-0.1, -0.05) is 43.3 Å². The van der Waals surface area contributed by atoms with E-state index in [0.29, 0.717) is 6.61 Å². The second-order valence-electron chi connectivity index (χ2n) is 6.71. The Bertz CT molecular complexity index is 553. The lowest BCUT2D eigenvalue weighted by Gasteiger charge is -2.37. The molecule has 0 unspecified atom stereocenters.